The third-order valence-corrected chi connectivity index (χ3v) is 2.67. The van der Waals surface area contributed by atoms with Crippen molar-refractivity contribution >= 4 is 28.5 Å². The van der Waals surface area contributed by atoms with Gasteiger partial charge >= 0.3 is 17.5 Å². The van der Waals surface area contributed by atoms with Gasteiger partial charge in [0.15, 0.2) is 0 Å². The number of hydrogen-bond donors (Lipinski definition) is 1. The van der Waals surface area contributed by atoms with Crippen molar-refractivity contribution in [3.63, 3.8) is 0 Å². The first-order chi connectivity index (χ1) is 9.51. The molecule has 104 valence electrons. The van der Waals surface area contributed by atoms with Crippen LogP contribution in [-0.2, 0) is 14.3 Å². The second-order valence-electron chi connectivity index (χ2n) is 4.13. The van der Waals surface area contributed by atoms with Crippen LogP contribution >= 0.6 is 0 Å². The number of rotatable bonds is 2. The molecule has 0 spiro atoms. The highest BCUT2D eigenvalue weighted by Gasteiger charge is 2.15. The van der Waals surface area contributed by atoms with Crippen molar-refractivity contribution in [2.45, 2.75) is 13.8 Å². The largest absolute Gasteiger partial charge is 0.459 e. The van der Waals surface area contributed by atoms with Crippen LogP contribution in [0.3, 0.4) is 0 Å². The van der Waals surface area contributed by atoms with Gasteiger partial charge in [-0.05, 0) is 31.5 Å². The Morgan fingerprint density at radius 3 is 2.75 bits per heavy atom. The molecule has 6 nitrogen and oxygen atoms in total. The van der Waals surface area contributed by atoms with Gasteiger partial charge in [-0.25, -0.2) is 9.59 Å². The number of fused-ring (bicyclic) bond motifs is 1. The Kier molecular flexibility index (Phi) is 3.84. The average Bonchev–Trinajstić information content (AvgIpc) is 2.38. The molecule has 1 N–H and O–H groups in total. The van der Waals surface area contributed by atoms with Crippen LogP contribution in [0.15, 0.2) is 33.5 Å². The molecule has 2 rings (SSSR count). The fraction of sp³-hybridized carbons (Fsp3) is 0.214. The van der Waals surface area contributed by atoms with E-state index in [9.17, 15) is 14.4 Å². The Morgan fingerprint density at radius 2 is 2.05 bits per heavy atom. The minimum Gasteiger partial charge on any atom is -0.459 e. The van der Waals surface area contributed by atoms with E-state index in [1.54, 1.807) is 26.0 Å². The molecule has 6 heteroatoms. The summed E-state index contributed by atoms with van der Waals surface area (Å²) >= 11 is 0. The minimum atomic E-state index is -0.960. The van der Waals surface area contributed by atoms with E-state index < -0.39 is 17.5 Å². The average molecular weight is 275 g/mol. The fourth-order valence-electron chi connectivity index (χ4n) is 1.78. The van der Waals surface area contributed by atoms with Gasteiger partial charge in [0.1, 0.15) is 5.58 Å². The summed E-state index contributed by atoms with van der Waals surface area (Å²) in [5.41, 5.74) is 1.00. The molecule has 0 saturated carbocycles. The van der Waals surface area contributed by atoms with E-state index >= 15 is 0 Å². The smallest absolute Gasteiger partial charge is 0.397 e. The summed E-state index contributed by atoms with van der Waals surface area (Å²) < 4.78 is 9.63. The molecule has 1 aromatic heterocycles. The molecule has 0 aliphatic rings. The predicted octanol–water partition coefficient (Wildman–Crippen LogP) is 1.60. The van der Waals surface area contributed by atoms with Crippen molar-refractivity contribution in [1.82, 2.24) is 0 Å². The summed E-state index contributed by atoms with van der Waals surface area (Å²) in [6, 6.07) is 6.20. The number of amides is 1. The highest BCUT2D eigenvalue weighted by molar-refractivity contribution is 6.37. The van der Waals surface area contributed by atoms with E-state index in [0.29, 0.717) is 11.3 Å². The lowest BCUT2D eigenvalue weighted by molar-refractivity contribution is -0.152. The lowest BCUT2D eigenvalue weighted by Crippen LogP contribution is -2.24. The van der Waals surface area contributed by atoms with E-state index in [2.05, 4.69) is 10.1 Å². The zero-order chi connectivity index (χ0) is 14.7. The van der Waals surface area contributed by atoms with Crippen LogP contribution in [0.25, 0.3) is 11.0 Å². The lowest BCUT2D eigenvalue weighted by Gasteiger charge is -2.06. The number of carbonyl (C=O) groups excluding carboxylic acids is 2. The Bertz CT molecular complexity index is 732. The van der Waals surface area contributed by atoms with E-state index in [1.165, 1.54) is 12.1 Å². The van der Waals surface area contributed by atoms with Crippen molar-refractivity contribution in [2.75, 3.05) is 11.9 Å². The molecule has 1 aromatic carbocycles. The molecule has 1 heterocycles. The topological polar surface area (TPSA) is 85.6 Å². The fourth-order valence-corrected chi connectivity index (χ4v) is 1.78. The predicted molar refractivity (Wildman–Crippen MR) is 72.5 cm³/mol. The van der Waals surface area contributed by atoms with E-state index in [-0.39, 0.29) is 6.61 Å². The van der Waals surface area contributed by atoms with Gasteiger partial charge in [-0.2, -0.15) is 0 Å². The third-order valence-electron chi connectivity index (χ3n) is 2.67. The highest BCUT2D eigenvalue weighted by atomic mass is 16.5. The molecule has 20 heavy (non-hydrogen) atoms. The van der Waals surface area contributed by atoms with Gasteiger partial charge < -0.3 is 14.5 Å². The Balaban J connectivity index is 2.30. The standard InChI is InChI=1S/C14H13NO5/c1-3-19-14(18)13(17)15-9-4-5-10-8(2)6-12(16)20-11(10)7-9/h4-7H,3H2,1-2H3,(H,15,17). The van der Waals surface area contributed by atoms with Crippen LogP contribution in [-0.4, -0.2) is 18.5 Å². The molecule has 0 bridgehead atoms. The van der Waals surface area contributed by atoms with E-state index in [1.807, 2.05) is 0 Å². The number of aryl methyl sites for hydroxylation is 1. The minimum absolute atomic E-state index is 0.123. The summed E-state index contributed by atoms with van der Waals surface area (Å²) in [6.45, 7) is 3.52. The van der Waals surface area contributed by atoms with Crippen LogP contribution in [0.2, 0.25) is 0 Å². The van der Waals surface area contributed by atoms with Gasteiger partial charge in [0.25, 0.3) is 0 Å². The van der Waals surface area contributed by atoms with Crippen LogP contribution < -0.4 is 10.9 Å². The first-order valence-electron chi connectivity index (χ1n) is 6.04. The van der Waals surface area contributed by atoms with Gasteiger partial charge in [0, 0.05) is 23.2 Å². The van der Waals surface area contributed by atoms with Crippen LogP contribution in [0.4, 0.5) is 5.69 Å². The first kappa shape index (κ1) is 13.8. The molecule has 0 atom stereocenters. The normalized spacial score (nSPS) is 10.3. The zero-order valence-electron chi connectivity index (χ0n) is 11.1. The molecule has 0 aliphatic carbocycles. The summed E-state index contributed by atoms with van der Waals surface area (Å²) in [4.78, 5) is 34.0. The van der Waals surface area contributed by atoms with Gasteiger partial charge in [0.05, 0.1) is 6.61 Å². The summed E-state index contributed by atoms with van der Waals surface area (Å²) in [5.74, 6) is -1.83. The van der Waals surface area contributed by atoms with Crippen molar-refractivity contribution in [1.29, 1.82) is 0 Å². The maximum Gasteiger partial charge on any atom is 0.397 e. The van der Waals surface area contributed by atoms with Crippen LogP contribution in [0.1, 0.15) is 12.5 Å². The van der Waals surface area contributed by atoms with Crippen molar-refractivity contribution in [3.05, 3.63) is 40.2 Å². The number of carbonyl (C=O) groups is 2. The van der Waals surface area contributed by atoms with E-state index in [0.717, 1.165) is 10.9 Å². The second kappa shape index (κ2) is 5.56. The number of anilines is 1. The van der Waals surface area contributed by atoms with Crippen molar-refractivity contribution in [3.8, 4) is 0 Å². The van der Waals surface area contributed by atoms with Gasteiger partial charge in [-0.1, -0.05) is 0 Å². The molecule has 0 unspecified atom stereocenters. The summed E-state index contributed by atoms with van der Waals surface area (Å²) in [6.07, 6.45) is 0. The SMILES string of the molecule is CCOC(=O)C(=O)Nc1ccc2c(C)cc(=O)oc2c1. The molecular formula is C14H13NO5. The maximum absolute atomic E-state index is 11.5. The maximum atomic E-state index is 11.5. The molecule has 0 radical (unpaired) electrons. The van der Waals surface area contributed by atoms with Crippen LogP contribution in [0, 0.1) is 6.92 Å². The number of esters is 1. The van der Waals surface area contributed by atoms with Crippen LogP contribution in [0.5, 0.6) is 0 Å². The third kappa shape index (κ3) is 2.85. The molecule has 1 amide bonds. The summed E-state index contributed by atoms with van der Waals surface area (Å²) in [7, 11) is 0. The molecule has 0 saturated heterocycles. The second-order valence-corrected chi connectivity index (χ2v) is 4.13. The molecule has 0 fully saturated rings. The quantitative estimate of drug-likeness (QED) is 0.511. The molecule has 2 aromatic rings. The molecular weight excluding hydrogens is 262 g/mol. The van der Waals surface area contributed by atoms with Crippen molar-refractivity contribution in [2.24, 2.45) is 0 Å². The Morgan fingerprint density at radius 1 is 1.30 bits per heavy atom. The number of hydrogen-bond acceptors (Lipinski definition) is 5. The number of nitrogens with one attached hydrogen (secondary N) is 1. The summed E-state index contributed by atoms with van der Waals surface area (Å²) in [5, 5.41) is 3.14. The Labute approximate surface area is 114 Å². The van der Waals surface area contributed by atoms with Gasteiger partial charge in [-0.15, -0.1) is 0 Å². The number of ether oxygens (including phenoxy) is 1. The monoisotopic (exact) mass is 275 g/mol. The van der Waals surface area contributed by atoms with Gasteiger partial charge in [-0.3, -0.25) is 4.79 Å². The van der Waals surface area contributed by atoms with Gasteiger partial charge in [0.2, 0.25) is 0 Å². The zero-order valence-corrected chi connectivity index (χ0v) is 11.1. The molecule has 0 aliphatic heterocycles. The number of benzene rings is 1. The highest BCUT2D eigenvalue weighted by Crippen LogP contribution is 2.20. The van der Waals surface area contributed by atoms with Crippen molar-refractivity contribution < 1.29 is 18.7 Å². The Hall–Kier alpha value is -2.63. The van der Waals surface area contributed by atoms with E-state index in [4.69, 9.17) is 4.42 Å². The lowest BCUT2D eigenvalue weighted by atomic mass is 10.1. The first-order valence-corrected chi connectivity index (χ1v) is 6.04.